The highest BCUT2D eigenvalue weighted by Crippen LogP contribution is 2.34. The van der Waals surface area contributed by atoms with Crippen LogP contribution in [0, 0.1) is 0 Å². The number of methoxy groups -OCH3 is 5. The Morgan fingerprint density at radius 1 is 0.420 bits per heavy atom. The Bertz CT molecular complexity index is 2360. The SMILES string of the molecule is COc1cc(OC)c(C(=O)N[C@H]2CC[C@H](NC(=O)c3cc(C(=O)N[C@H]4CC[C@H](NC(=O)c5cc(C(=O)NCCN)c(OC)cc5OC)CC4)c(OCC(N)=O)cc3OC)CC2)cc1C(=O)NCCN. The summed E-state index contributed by atoms with van der Waals surface area (Å²) in [5, 5.41) is 17.4. The number of primary amides is 1. The summed E-state index contributed by atoms with van der Waals surface area (Å²) < 4.78 is 32.8. The molecule has 0 radical (unpaired) electrons. The highest BCUT2D eigenvalue weighted by molar-refractivity contribution is 6.05. The largest absolute Gasteiger partial charge is 0.496 e. The Kier molecular flexibility index (Phi) is 19.2. The summed E-state index contributed by atoms with van der Waals surface area (Å²) in [6.07, 6.45) is 3.99. The molecule has 374 valence electrons. The molecule has 2 fully saturated rings. The van der Waals surface area contributed by atoms with Crippen molar-refractivity contribution >= 4 is 41.4 Å². The molecule has 2 saturated carbocycles. The lowest BCUT2D eigenvalue weighted by molar-refractivity contribution is -0.120. The second-order valence-electron chi connectivity index (χ2n) is 16.4. The molecule has 0 saturated heterocycles. The van der Waals surface area contributed by atoms with E-state index in [0.29, 0.717) is 51.4 Å². The predicted octanol–water partition coefficient (Wildman–Crippen LogP) is 0.913. The molecule has 0 aromatic heterocycles. The minimum Gasteiger partial charge on any atom is -0.496 e. The van der Waals surface area contributed by atoms with Crippen molar-refractivity contribution in [1.82, 2.24) is 31.9 Å². The van der Waals surface area contributed by atoms with Crippen LogP contribution in [0.5, 0.6) is 34.5 Å². The van der Waals surface area contributed by atoms with Crippen molar-refractivity contribution in [3.05, 3.63) is 69.8 Å². The minimum atomic E-state index is -0.786. The molecule has 3 aromatic rings. The number of carbonyl (C=O) groups excluding carboxylic acids is 7. The Labute approximate surface area is 399 Å². The second kappa shape index (κ2) is 25.2. The monoisotopic (exact) mass is 961 g/mol. The zero-order chi connectivity index (χ0) is 50.2. The molecule has 0 bridgehead atoms. The topological polar surface area (TPSA) is 325 Å². The van der Waals surface area contributed by atoms with Gasteiger partial charge in [-0.05, 0) is 69.6 Å². The summed E-state index contributed by atoms with van der Waals surface area (Å²) in [6.45, 7) is 0.372. The highest BCUT2D eigenvalue weighted by Gasteiger charge is 2.31. The first-order valence-corrected chi connectivity index (χ1v) is 22.5. The van der Waals surface area contributed by atoms with Gasteiger partial charge in [-0.1, -0.05) is 0 Å². The van der Waals surface area contributed by atoms with Crippen molar-refractivity contribution in [3.8, 4) is 34.5 Å². The zero-order valence-corrected chi connectivity index (χ0v) is 39.5. The summed E-state index contributed by atoms with van der Waals surface area (Å²) in [4.78, 5) is 92.3. The van der Waals surface area contributed by atoms with Crippen LogP contribution in [0.3, 0.4) is 0 Å². The van der Waals surface area contributed by atoms with E-state index in [1.54, 1.807) is 0 Å². The average Bonchev–Trinajstić information content (AvgIpc) is 3.36. The molecule has 0 unspecified atom stereocenters. The fraction of sp³-hybridized carbons (Fsp3) is 0.468. The third-order valence-electron chi connectivity index (χ3n) is 11.8. The van der Waals surface area contributed by atoms with Crippen molar-refractivity contribution in [1.29, 1.82) is 0 Å². The summed E-state index contributed by atoms with van der Waals surface area (Å²) >= 11 is 0. The Balaban J connectivity index is 1.22. The van der Waals surface area contributed by atoms with Crippen LogP contribution >= 0.6 is 0 Å². The standard InChI is InChI=1S/C47H63N9O13/c1-64-35-21-37(66-3)31(18-29(35)42(58)51-16-14-48)44(60)53-25-6-8-27(9-7-25)55-46(62)33-20-34(40(23-39(33)68-5)69-24-41(50)57)47(63)56-28-12-10-26(11-13-28)54-45(61)32-19-30(43(59)52-17-15-49)36(65-2)22-38(32)67-4/h18-23,25-28H,6-17,24,48-49H2,1-5H3,(H2,50,57)(H,51,58)(H,52,59)(H,53,60)(H,54,61)(H,55,62)(H,56,63)/t25-,26-,27-,28-. The lowest BCUT2D eigenvalue weighted by Crippen LogP contribution is -2.44. The van der Waals surface area contributed by atoms with Gasteiger partial charge in [-0.15, -0.1) is 0 Å². The molecule has 5 rings (SSSR count). The van der Waals surface area contributed by atoms with Crippen molar-refractivity contribution in [2.75, 3.05) is 68.3 Å². The maximum atomic E-state index is 14.0. The average molecular weight is 962 g/mol. The number of nitrogens with one attached hydrogen (secondary N) is 6. The third kappa shape index (κ3) is 13.7. The summed E-state index contributed by atoms with van der Waals surface area (Å²) in [5.41, 5.74) is 17.0. The third-order valence-corrected chi connectivity index (χ3v) is 11.8. The van der Waals surface area contributed by atoms with Gasteiger partial charge in [0.15, 0.2) is 6.61 Å². The van der Waals surface area contributed by atoms with Gasteiger partial charge in [-0.25, -0.2) is 0 Å². The van der Waals surface area contributed by atoms with E-state index in [1.807, 2.05) is 0 Å². The quantitative estimate of drug-likeness (QED) is 0.0676. The fourth-order valence-corrected chi connectivity index (χ4v) is 8.24. The van der Waals surface area contributed by atoms with Crippen LogP contribution in [0.25, 0.3) is 0 Å². The van der Waals surface area contributed by atoms with E-state index >= 15 is 0 Å². The lowest BCUT2D eigenvalue weighted by Gasteiger charge is -2.30. The number of ether oxygens (including phenoxy) is 6. The van der Waals surface area contributed by atoms with Crippen LogP contribution < -0.4 is 77.5 Å². The second-order valence-corrected chi connectivity index (χ2v) is 16.4. The highest BCUT2D eigenvalue weighted by atomic mass is 16.5. The normalized spacial score (nSPS) is 17.5. The number of rotatable bonds is 22. The number of carbonyl (C=O) groups is 7. The molecule has 0 atom stereocenters. The fourth-order valence-electron chi connectivity index (χ4n) is 8.24. The molecule has 0 spiro atoms. The van der Waals surface area contributed by atoms with Crippen LogP contribution in [-0.4, -0.2) is 134 Å². The van der Waals surface area contributed by atoms with E-state index < -0.39 is 48.0 Å². The molecule has 7 amide bonds. The molecule has 69 heavy (non-hydrogen) atoms. The van der Waals surface area contributed by atoms with E-state index in [-0.39, 0.29) is 118 Å². The summed E-state index contributed by atoms with van der Waals surface area (Å²) in [5.74, 6) is -2.76. The van der Waals surface area contributed by atoms with Crippen LogP contribution in [0.15, 0.2) is 36.4 Å². The van der Waals surface area contributed by atoms with Gasteiger partial charge in [0.1, 0.15) is 34.5 Å². The van der Waals surface area contributed by atoms with Gasteiger partial charge in [0, 0.05) is 68.5 Å². The number of benzene rings is 3. The van der Waals surface area contributed by atoms with Crippen LogP contribution in [0.2, 0.25) is 0 Å². The van der Waals surface area contributed by atoms with Crippen molar-refractivity contribution in [2.24, 2.45) is 17.2 Å². The van der Waals surface area contributed by atoms with Gasteiger partial charge >= 0.3 is 0 Å². The van der Waals surface area contributed by atoms with Crippen molar-refractivity contribution in [3.63, 3.8) is 0 Å². The first-order chi connectivity index (χ1) is 33.2. The molecular formula is C47H63N9O13. The van der Waals surface area contributed by atoms with E-state index in [9.17, 15) is 33.6 Å². The first-order valence-electron chi connectivity index (χ1n) is 22.5. The van der Waals surface area contributed by atoms with Gasteiger partial charge in [0.05, 0.1) is 68.9 Å². The van der Waals surface area contributed by atoms with E-state index in [4.69, 9.17) is 45.6 Å². The molecular weight excluding hydrogens is 899 g/mol. The molecule has 3 aromatic carbocycles. The van der Waals surface area contributed by atoms with Crippen molar-refractivity contribution < 1.29 is 62.0 Å². The predicted molar refractivity (Wildman–Crippen MR) is 252 cm³/mol. The Morgan fingerprint density at radius 2 is 0.667 bits per heavy atom. The molecule has 2 aliphatic carbocycles. The molecule has 0 heterocycles. The molecule has 0 aliphatic heterocycles. The van der Waals surface area contributed by atoms with E-state index in [0.717, 1.165) is 0 Å². The first kappa shape index (κ1) is 52.6. The van der Waals surface area contributed by atoms with Crippen molar-refractivity contribution in [2.45, 2.75) is 75.5 Å². The summed E-state index contributed by atoms with van der Waals surface area (Å²) in [6, 6.07) is 7.33. The smallest absolute Gasteiger partial charge is 0.255 e. The summed E-state index contributed by atoms with van der Waals surface area (Å²) in [7, 11) is 6.98. The molecule has 2 aliphatic rings. The van der Waals surface area contributed by atoms with E-state index in [2.05, 4.69) is 31.9 Å². The molecule has 22 heteroatoms. The van der Waals surface area contributed by atoms with Gasteiger partial charge in [0.2, 0.25) is 0 Å². The van der Waals surface area contributed by atoms with Crippen LogP contribution in [0.4, 0.5) is 0 Å². The van der Waals surface area contributed by atoms with Crippen LogP contribution in [-0.2, 0) is 4.79 Å². The van der Waals surface area contributed by atoms with E-state index in [1.165, 1.54) is 71.9 Å². The van der Waals surface area contributed by atoms with Gasteiger partial charge in [-0.2, -0.15) is 0 Å². The van der Waals surface area contributed by atoms with Gasteiger partial charge in [0.25, 0.3) is 41.4 Å². The Morgan fingerprint density at radius 3 is 0.913 bits per heavy atom. The van der Waals surface area contributed by atoms with Crippen LogP contribution in [0.1, 0.15) is 114 Å². The van der Waals surface area contributed by atoms with Gasteiger partial charge < -0.3 is 77.5 Å². The number of nitrogens with two attached hydrogens (primary N) is 3. The lowest BCUT2D eigenvalue weighted by atomic mass is 9.90. The molecule has 12 N–H and O–H groups in total. The zero-order valence-electron chi connectivity index (χ0n) is 39.5. The van der Waals surface area contributed by atoms with Gasteiger partial charge in [-0.3, -0.25) is 33.6 Å². The number of amides is 7. The maximum Gasteiger partial charge on any atom is 0.255 e. The number of hydrogen-bond donors (Lipinski definition) is 9. The Hall–Kier alpha value is -7.33. The molecule has 22 nitrogen and oxygen atoms in total. The number of hydrogen-bond acceptors (Lipinski definition) is 15. The maximum absolute atomic E-state index is 14.0. The minimum absolute atomic E-state index is 0.0294.